The van der Waals surface area contributed by atoms with Crippen molar-refractivity contribution in [2.24, 2.45) is 0 Å². The predicted molar refractivity (Wildman–Crippen MR) is 92.6 cm³/mol. The zero-order valence-electron chi connectivity index (χ0n) is 13.9. The van der Waals surface area contributed by atoms with Gasteiger partial charge in [0.05, 0.1) is 6.20 Å². The number of carbonyl (C=O) groups is 1. The normalized spacial score (nSPS) is 17.4. The van der Waals surface area contributed by atoms with E-state index in [1.54, 1.807) is 0 Å². The van der Waals surface area contributed by atoms with Crippen LogP contribution in [0.15, 0.2) is 6.20 Å². The number of hydrogen-bond acceptors (Lipinski definition) is 3. The Morgan fingerprint density at radius 3 is 3.09 bits per heavy atom. The fourth-order valence-corrected chi connectivity index (χ4v) is 3.48. The second-order valence-electron chi connectivity index (χ2n) is 6.05. The van der Waals surface area contributed by atoms with E-state index in [-0.39, 0.29) is 12.1 Å². The van der Waals surface area contributed by atoms with Crippen LogP contribution in [0.25, 0.3) is 0 Å². The largest absolute Gasteiger partial charge is 0.338 e. The zero-order valence-corrected chi connectivity index (χ0v) is 14.7. The van der Waals surface area contributed by atoms with Crippen LogP contribution < -0.4 is 10.6 Å². The average molecular weight is 324 g/mol. The summed E-state index contributed by atoms with van der Waals surface area (Å²) in [6, 6.07) is 0.546. The second kappa shape index (κ2) is 8.46. The maximum atomic E-state index is 12.0. The first-order valence-electron chi connectivity index (χ1n) is 8.29. The Morgan fingerprint density at radius 1 is 1.55 bits per heavy atom. The lowest BCUT2D eigenvalue weighted by molar-refractivity contribution is 0.235. The molecule has 1 aliphatic carbocycles. The van der Waals surface area contributed by atoms with Crippen LogP contribution in [0.2, 0.25) is 0 Å². The Kier molecular flexibility index (Phi) is 6.61. The van der Waals surface area contributed by atoms with Crippen molar-refractivity contribution in [2.45, 2.75) is 58.5 Å². The summed E-state index contributed by atoms with van der Waals surface area (Å²) in [6.45, 7) is 7.20. The van der Waals surface area contributed by atoms with Gasteiger partial charge in [0.25, 0.3) is 0 Å². The predicted octanol–water partition coefficient (Wildman–Crippen LogP) is 2.76. The third-order valence-corrected chi connectivity index (χ3v) is 4.95. The number of hydrogen-bond donors (Lipinski definition) is 2. The van der Waals surface area contributed by atoms with Gasteiger partial charge in [-0.3, -0.25) is 4.68 Å². The highest BCUT2D eigenvalue weighted by molar-refractivity contribution is 7.99. The van der Waals surface area contributed by atoms with Gasteiger partial charge >= 0.3 is 6.03 Å². The van der Waals surface area contributed by atoms with E-state index in [9.17, 15) is 4.79 Å². The number of rotatable bonds is 7. The van der Waals surface area contributed by atoms with E-state index in [4.69, 9.17) is 0 Å². The first-order chi connectivity index (χ1) is 10.6. The number of carbonyl (C=O) groups excluding carboxylic acids is 1. The summed E-state index contributed by atoms with van der Waals surface area (Å²) in [5.41, 5.74) is 2.62. The van der Waals surface area contributed by atoms with E-state index in [1.807, 2.05) is 18.0 Å². The van der Waals surface area contributed by atoms with E-state index >= 15 is 0 Å². The first-order valence-corrected chi connectivity index (χ1v) is 9.44. The molecule has 2 amide bonds. The van der Waals surface area contributed by atoms with Gasteiger partial charge in [0.2, 0.25) is 0 Å². The van der Waals surface area contributed by atoms with Gasteiger partial charge in [0.1, 0.15) is 0 Å². The van der Waals surface area contributed by atoms with E-state index in [0.29, 0.717) is 6.04 Å². The van der Waals surface area contributed by atoms with Crippen LogP contribution in [0.3, 0.4) is 0 Å². The van der Waals surface area contributed by atoms with Crippen LogP contribution in [0.1, 0.15) is 50.9 Å². The number of nitrogens with zero attached hydrogens (tertiary/aromatic N) is 2. The molecular formula is C16H28N4OS. The molecule has 0 saturated heterocycles. The SMILES string of the molecule is CCSCCCNC(=O)NC1CCc2cnn(C(C)C)c2C1. The summed E-state index contributed by atoms with van der Waals surface area (Å²) in [5.74, 6) is 2.25. The van der Waals surface area contributed by atoms with E-state index in [1.165, 1.54) is 11.3 Å². The van der Waals surface area contributed by atoms with Crippen LogP contribution in [-0.4, -0.2) is 39.9 Å². The minimum absolute atomic E-state index is 0.0365. The summed E-state index contributed by atoms with van der Waals surface area (Å²) in [6.07, 6.45) is 5.89. The van der Waals surface area contributed by atoms with Crippen molar-refractivity contribution in [3.63, 3.8) is 0 Å². The summed E-state index contributed by atoms with van der Waals surface area (Å²) < 4.78 is 2.09. The maximum Gasteiger partial charge on any atom is 0.315 e. The molecule has 0 fully saturated rings. The molecule has 1 aliphatic rings. The Hall–Kier alpha value is -1.17. The fraction of sp³-hybridized carbons (Fsp3) is 0.750. The topological polar surface area (TPSA) is 59.0 Å². The van der Waals surface area contributed by atoms with Crippen molar-refractivity contribution in [2.75, 3.05) is 18.1 Å². The molecule has 0 aromatic carbocycles. The Bertz CT molecular complexity index is 486. The summed E-state index contributed by atoms with van der Waals surface area (Å²) in [7, 11) is 0. The minimum atomic E-state index is -0.0365. The maximum absolute atomic E-state index is 12.0. The average Bonchev–Trinajstić information content (AvgIpc) is 2.90. The van der Waals surface area contributed by atoms with Gasteiger partial charge in [0.15, 0.2) is 0 Å². The smallest absolute Gasteiger partial charge is 0.315 e. The standard InChI is InChI=1S/C16H28N4OS/c1-4-22-9-5-8-17-16(21)19-14-7-6-13-11-18-20(12(2)3)15(13)10-14/h11-12,14H,4-10H2,1-3H3,(H2,17,19,21). The molecule has 1 heterocycles. The Labute approximate surface area is 137 Å². The molecule has 0 spiro atoms. The molecule has 1 unspecified atom stereocenters. The van der Waals surface area contributed by atoms with Gasteiger partial charge in [-0.1, -0.05) is 6.92 Å². The number of amides is 2. The molecule has 1 aromatic heterocycles. The van der Waals surface area contributed by atoms with Gasteiger partial charge in [-0.15, -0.1) is 0 Å². The third-order valence-electron chi connectivity index (χ3n) is 3.97. The number of aryl methyl sites for hydroxylation is 1. The molecule has 6 heteroatoms. The minimum Gasteiger partial charge on any atom is -0.338 e. The van der Waals surface area contributed by atoms with Crippen molar-refractivity contribution < 1.29 is 4.79 Å². The zero-order chi connectivity index (χ0) is 15.9. The Balaban J connectivity index is 1.77. The van der Waals surface area contributed by atoms with Crippen molar-refractivity contribution in [3.05, 3.63) is 17.5 Å². The molecule has 0 saturated carbocycles. The second-order valence-corrected chi connectivity index (χ2v) is 7.44. The van der Waals surface area contributed by atoms with Gasteiger partial charge in [-0.05, 0) is 50.2 Å². The van der Waals surface area contributed by atoms with E-state index < -0.39 is 0 Å². The number of urea groups is 1. The van der Waals surface area contributed by atoms with Crippen LogP contribution in [0.5, 0.6) is 0 Å². The number of fused-ring (bicyclic) bond motifs is 1. The molecule has 0 aliphatic heterocycles. The molecule has 0 bridgehead atoms. The van der Waals surface area contributed by atoms with Crippen LogP contribution in [0.4, 0.5) is 4.79 Å². The Morgan fingerprint density at radius 2 is 2.36 bits per heavy atom. The van der Waals surface area contributed by atoms with Gasteiger partial charge in [-0.2, -0.15) is 16.9 Å². The van der Waals surface area contributed by atoms with Crippen molar-refractivity contribution in [1.82, 2.24) is 20.4 Å². The molecule has 5 nitrogen and oxygen atoms in total. The molecule has 1 aromatic rings. The highest BCUT2D eigenvalue weighted by Gasteiger charge is 2.24. The van der Waals surface area contributed by atoms with Crippen LogP contribution in [-0.2, 0) is 12.8 Å². The first kappa shape index (κ1) is 17.2. The van der Waals surface area contributed by atoms with E-state index in [0.717, 1.165) is 43.7 Å². The van der Waals surface area contributed by atoms with Gasteiger partial charge < -0.3 is 10.6 Å². The van der Waals surface area contributed by atoms with Crippen molar-refractivity contribution in [1.29, 1.82) is 0 Å². The van der Waals surface area contributed by atoms with Crippen LogP contribution >= 0.6 is 11.8 Å². The number of aromatic nitrogens is 2. The monoisotopic (exact) mass is 324 g/mol. The molecule has 22 heavy (non-hydrogen) atoms. The fourth-order valence-electron chi connectivity index (χ4n) is 2.85. The molecule has 124 valence electrons. The molecule has 2 rings (SSSR count). The quantitative estimate of drug-likeness (QED) is 0.758. The summed E-state index contributed by atoms with van der Waals surface area (Å²) >= 11 is 1.91. The lowest BCUT2D eigenvalue weighted by atomic mass is 9.93. The van der Waals surface area contributed by atoms with Gasteiger partial charge in [0, 0.05) is 30.7 Å². The molecular weight excluding hydrogens is 296 g/mol. The van der Waals surface area contributed by atoms with E-state index in [2.05, 4.69) is 41.2 Å². The number of thioether (sulfide) groups is 1. The summed E-state index contributed by atoms with van der Waals surface area (Å²) in [4.78, 5) is 12.0. The van der Waals surface area contributed by atoms with Gasteiger partial charge in [-0.25, -0.2) is 4.79 Å². The lowest BCUT2D eigenvalue weighted by Crippen LogP contribution is -2.45. The molecule has 0 radical (unpaired) electrons. The third kappa shape index (κ3) is 4.66. The highest BCUT2D eigenvalue weighted by Crippen LogP contribution is 2.23. The number of nitrogens with one attached hydrogen (secondary N) is 2. The van der Waals surface area contributed by atoms with Crippen LogP contribution in [0, 0.1) is 0 Å². The summed E-state index contributed by atoms with van der Waals surface area (Å²) in [5, 5.41) is 10.5. The lowest BCUT2D eigenvalue weighted by Gasteiger charge is -2.25. The van der Waals surface area contributed by atoms with Crippen molar-refractivity contribution >= 4 is 17.8 Å². The highest BCUT2D eigenvalue weighted by atomic mass is 32.2. The molecule has 1 atom stereocenters. The molecule has 2 N–H and O–H groups in total. The van der Waals surface area contributed by atoms with Crippen molar-refractivity contribution in [3.8, 4) is 0 Å².